The van der Waals surface area contributed by atoms with Gasteiger partial charge < -0.3 is 9.15 Å². The van der Waals surface area contributed by atoms with Crippen LogP contribution in [0.2, 0.25) is 0 Å². The third-order valence-corrected chi connectivity index (χ3v) is 3.65. The van der Waals surface area contributed by atoms with Crippen LogP contribution < -0.4 is 10.2 Å². The van der Waals surface area contributed by atoms with Crippen molar-refractivity contribution in [3.05, 3.63) is 71.5 Å². The lowest BCUT2D eigenvalue weighted by Gasteiger charge is -2.00. The second kappa shape index (κ2) is 8.16. The van der Waals surface area contributed by atoms with Gasteiger partial charge in [-0.05, 0) is 49.2 Å². The van der Waals surface area contributed by atoms with Crippen LogP contribution in [0, 0.1) is 0 Å². The van der Waals surface area contributed by atoms with Gasteiger partial charge in [0.05, 0.1) is 12.8 Å². The summed E-state index contributed by atoms with van der Waals surface area (Å²) in [4.78, 5) is 12.2. The molecule has 3 aromatic rings. The molecule has 0 bridgehead atoms. The number of benzene rings is 2. The minimum atomic E-state index is -0.400. The summed E-state index contributed by atoms with van der Waals surface area (Å²) < 4.78 is 11.0. The predicted molar refractivity (Wildman–Crippen MR) is 103 cm³/mol. The fourth-order valence-electron chi connectivity index (χ4n) is 2.49. The Morgan fingerprint density at radius 3 is 2.77 bits per heavy atom. The normalized spacial score (nSPS) is 11.8. The number of fused-ring (bicyclic) bond motifs is 1. The molecule has 0 saturated heterocycles. The monoisotopic (exact) mass is 348 g/mol. The van der Waals surface area contributed by atoms with E-state index < -0.39 is 5.91 Å². The first kappa shape index (κ1) is 17.5. The molecule has 26 heavy (non-hydrogen) atoms. The van der Waals surface area contributed by atoms with Crippen molar-refractivity contribution in [3.8, 4) is 5.75 Å². The topological polar surface area (TPSA) is 63.8 Å². The Labute approximate surface area is 152 Å². The van der Waals surface area contributed by atoms with Gasteiger partial charge in [-0.1, -0.05) is 36.4 Å². The van der Waals surface area contributed by atoms with E-state index in [1.807, 2.05) is 62.4 Å². The smallest absolute Gasteiger partial charge is 0.307 e. The lowest BCUT2D eigenvalue weighted by atomic mass is 10.1. The SMILES string of the molecule is CCOc1ccc2oc(C(=O)N/N=C/C(C)=C/c3ccccc3)cc2c1. The Balaban J connectivity index is 1.66. The molecule has 132 valence electrons. The molecule has 0 saturated carbocycles. The van der Waals surface area contributed by atoms with Crippen molar-refractivity contribution in [2.24, 2.45) is 5.10 Å². The van der Waals surface area contributed by atoms with Crippen molar-refractivity contribution < 1.29 is 13.9 Å². The zero-order valence-corrected chi connectivity index (χ0v) is 14.7. The molecule has 5 nitrogen and oxygen atoms in total. The molecule has 3 rings (SSSR count). The molecular formula is C21H20N2O3. The van der Waals surface area contributed by atoms with Crippen LogP contribution in [-0.2, 0) is 0 Å². The second-order valence-electron chi connectivity index (χ2n) is 5.74. The summed E-state index contributed by atoms with van der Waals surface area (Å²) in [6.07, 6.45) is 3.58. The lowest BCUT2D eigenvalue weighted by Crippen LogP contribution is -2.16. The molecular weight excluding hydrogens is 328 g/mol. The van der Waals surface area contributed by atoms with Crippen molar-refractivity contribution in [3.63, 3.8) is 0 Å². The number of nitrogens with one attached hydrogen (secondary N) is 1. The zero-order chi connectivity index (χ0) is 18.4. The number of hydrogen-bond acceptors (Lipinski definition) is 4. The number of carbonyl (C=O) groups excluding carboxylic acids is 1. The first-order valence-electron chi connectivity index (χ1n) is 8.39. The highest BCUT2D eigenvalue weighted by atomic mass is 16.5. The van der Waals surface area contributed by atoms with E-state index in [2.05, 4.69) is 10.5 Å². The highest BCUT2D eigenvalue weighted by Gasteiger charge is 2.12. The van der Waals surface area contributed by atoms with Crippen molar-refractivity contribution in [2.45, 2.75) is 13.8 Å². The second-order valence-corrected chi connectivity index (χ2v) is 5.74. The molecule has 0 spiro atoms. The highest BCUT2D eigenvalue weighted by molar-refractivity contribution is 5.97. The van der Waals surface area contributed by atoms with E-state index in [1.165, 1.54) is 0 Å². The van der Waals surface area contributed by atoms with Gasteiger partial charge in [0.2, 0.25) is 0 Å². The summed E-state index contributed by atoms with van der Waals surface area (Å²) in [7, 11) is 0. The van der Waals surface area contributed by atoms with Crippen molar-refractivity contribution in [1.29, 1.82) is 0 Å². The summed E-state index contributed by atoms with van der Waals surface area (Å²) in [5.41, 5.74) is 5.10. The van der Waals surface area contributed by atoms with Crippen LogP contribution in [0.3, 0.4) is 0 Å². The summed E-state index contributed by atoms with van der Waals surface area (Å²) in [5, 5.41) is 4.79. The standard InChI is InChI=1S/C21H20N2O3/c1-3-25-18-9-10-19-17(12-18)13-20(26-19)21(24)23-22-14-15(2)11-16-7-5-4-6-8-16/h4-14H,3H2,1-2H3,(H,23,24)/b15-11+,22-14+. The van der Waals surface area contributed by atoms with Gasteiger partial charge >= 0.3 is 5.91 Å². The molecule has 0 aliphatic rings. The number of furan rings is 1. The van der Waals surface area contributed by atoms with Crippen molar-refractivity contribution >= 4 is 29.2 Å². The Morgan fingerprint density at radius 1 is 1.19 bits per heavy atom. The zero-order valence-electron chi connectivity index (χ0n) is 14.7. The number of allylic oxidation sites excluding steroid dienone is 1. The third-order valence-electron chi connectivity index (χ3n) is 3.65. The van der Waals surface area contributed by atoms with Gasteiger partial charge in [0, 0.05) is 5.39 Å². The fraction of sp³-hybridized carbons (Fsp3) is 0.143. The maximum atomic E-state index is 12.2. The average Bonchev–Trinajstić information content (AvgIpc) is 3.06. The first-order chi connectivity index (χ1) is 12.7. The predicted octanol–water partition coefficient (Wildman–Crippen LogP) is 4.65. The molecule has 0 unspecified atom stereocenters. The Morgan fingerprint density at radius 2 is 2.00 bits per heavy atom. The van der Waals surface area contributed by atoms with E-state index in [-0.39, 0.29) is 5.76 Å². The van der Waals surface area contributed by atoms with E-state index in [4.69, 9.17) is 9.15 Å². The van der Waals surface area contributed by atoms with Crippen LogP contribution in [0.1, 0.15) is 30.0 Å². The van der Waals surface area contributed by atoms with Gasteiger partial charge in [-0.2, -0.15) is 5.10 Å². The van der Waals surface area contributed by atoms with Gasteiger partial charge in [-0.25, -0.2) is 5.43 Å². The number of hydrazone groups is 1. The molecule has 0 radical (unpaired) electrons. The van der Waals surface area contributed by atoms with Crippen LogP contribution >= 0.6 is 0 Å². The van der Waals surface area contributed by atoms with Crippen LogP contribution in [0.25, 0.3) is 17.0 Å². The number of hydrogen-bond donors (Lipinski definition) is 1. The molecule has 1 aromatic heterocycles. The summed E-state index contributed by atoms with van der Waals surface area (Å²) in [5.74, 6) is 0.547. The summed E-state index contributed by atoms with van der Waals surface area (Å²) in [6.45, 7) is 4.42. The molecule has 1 heterocycles. The average molecular weight is 348 g/mol. The summed E-state index contributed by atoms with van der Waals surface area (Å²) in [6, 6.07) is 17.0. The van der Waals surface area contributed by atoms with Crippen molar-refractivity contribution in [1.82, 2.24) is 5.43 Å². The number of ether oxygens (including phenoxy) is 1. The number of amides is 1. The van der Waals surface area contributed by atoms with Gasteiger partial charge in [0.25, 0.3) is 0 Å². The summed E-state index contributed by atoms with van der Waals surface area (Å²) >= 11 is 0. The molecule has 1 N–H and O–H groups in total. The van der Waals surface area contributed by atoms with Crippen molar-refractivity contribution in [2.75, 3.05) is 6.61 Å². The van der Waals surface area contributed by atoms with Crippen LogP contribution in [-0.4, -0.2) is 18.7 Å². The molecule has 0 aliphatic carbocycles. The largest absolute Gasteiger partial charge is 0.494 e. The first-order valence-corrected chi connectivity index (χ1v) is 8.39. The van der Waals surface area contributed by atoms with Crippen LogP contribution in [0.15, 0.2) is 69.7 Å². The van der Waals surface area contributed by atoms with E-state index in [0.29, 0.717) is 12.2 Å². The lowest BCUT2D eigenvalue weighted by molar-refractivity contribution is 0.0929. The Bertz CT molecular complexity index is 956. The minimum absolute atomic E-state index is 0.204. The minimum Gasteiger partial charge on any atom is -0.494 e. The van der Waals surface area contributed by atoms with Gasteiger partial charge in [0.1, 0.15) is 11.3 Å². The number of rotatable bonds is 6. The Hall–Kier alpha value is -3.34. The van der Waals surface area contributed by atoms with Gasteiger partial charge in [-0.15, -0.1) is 0 Å². The molecule has 0 aliphatic heterocycles. The van der Waals surface area contributed by atoms with E-state index >= 15 is 0 Å². The third kappa shape index (κ3) is 4.39. The fourth-order valence-corrected chi connectivity index (χ4v) is 2.49. The molecule has 2 aromatic carbocycles. The van der Waals surface area contributed by atoms with Crippen LogP contribution in [0.4, 0.5) is 0 Å². The van der Waals surface area contributed by atoms with Gasteiger partial charge in [-0.3, -0.25) is 4.79 Å². The van der Waals surface area contributed by atoms with Gasteiger partial charge in [0.15, 0.2) is 5.76 Å². The highest BCUT2D eigenvalue weighted by Crippen LogP contribution is 2.24. The maximum absolute atomic E-state index is 12.2. The van der Waals surface area contributed by atoms with E-state index in [9.17, 15) is 4.79 Å². The quantitative estimate of drug-likeness (QED) is 0.521. The van der Waals surface area contributed by atoms with E-state index in [0.717, 1.165) is 22.3 Å². The molecule has 0 fully saturated rings. The number of nitrogens with zero attached hydrogens (tertiary/aromatic N) is 1. The Kier molecular flexibility index (Phi) is 5.49. The van der Waals surface area contributed by atoms with E-state index in [1.54, 1.807) is 18.3 Å². The maximum Gasteiger partial charge on any atom is 0.307 e. The molecule has 5 heteroatoms. The number of carbonyl (C=O) groups is 1. The molecule has 1 amide bonds. The van der Waals surface area contributed by atoms with Crippen LogP contribution in [0.5, 0.6) is 5.75 Å². The molecule has 0 atom stereocenters.